The highest BCUT2D eigenvalue weighted by molar-refractivity contribution is 7.92. The summed E-state index contributed by atoms with van der Waals surface area (Å²) in [7, 11) is -4.10. The molecule has 120 valence electrons. The van der Waals surface area contributed by atoms with Crippen LogP contribution in [0.1, 0.15) is 5.56 Å². The van der Waals surface area contributed by atoms with Crippen LogP contribution in [0.15, 0.2) is 47.4 Å². The highest BCUT2D eigenvalue weighted by atomic mass is 32.2. The first-order valence-electron chi connectivity index (χ1n) is 6.23. The van der Waals surface area contributed by atoms with Gasteiger partial charge in [-0.3, -0.25) is 25.0 Å². The number of nitro benzene ring substituents is 2. The summed E-state index contributed by atoms with van der Waals surface area (Å²) in [5, 5.41) is 21.6. The zero-order valence-electron chi connectivity index (χ0n) is 11.8. The molecule has 0 bridgehead atoms. The molecule has 10 heteroatoms. The van der Waals surface area contributed by atoms with Gasteiger partial charge in [-0.25, -0.2) is 8.42 Å². The van der Waals surface area contributed by atoms with E-state index in [-0.39, 0.29) is 22.0 Å². The summed E-state index contributed by atoms with van der Waals surface area (Å²) < 4.78 is 26.6. The number of nitro groups is 2. The minimum absolute atomic E-state index is 0.00574. The fourth-order valence-electron chi connectivity index (χ4n) is 1.85. The van der Waals surface area contributed by atoms with Crippen LogP contribution in [-0.2, 0) is 10.0 Å². The maximum Gasteiger partial charge on any atom is 0.274 e. The Morgan fingerprint density at radius 3 is 2.30 bits per heavy atom. The summed E-state index contributed by atoms with van der Waals surface area (Å²) in [5.41, 5.74) is -0.228. The molecule has 0 spiro atoms. The van der Waals surface area contributed by atoms with Crippen molar-refractivity contribution < 1.29 is 18.3 Å². The first-order valence-corrected chi connectivity index (χ1v) is 7.71. The molecule has 0 aliphatic carbocycles. The van der Waals surface area contributed by atoms with Gasteiger partial charge in [0.15, 0.2) is 0 Å². The minimum Gasteiger partial charge on any atom is -0.279 e. The lowest BCUT2D eigenvalue weighted by molar-refractivity contribution is -0.385. The van der Waals surface area contributed by atoms with Crippen LogP contribution in [0.4, 0.5) is 17.1 Å². The molecule has 2 aromatic rings. The van der Waals surface area contributed by atoms with Crippen LogP contribution in [-0.4, -0.2) is 18.3 Å². The molecule has 2 rings (SSSR count). The predicted molar refractivity (Wildman–Crippen MR) is 81.7 cm³/mol. The normalized spacial score (nSPS) is 11.0. The number of sulfonamides is 1. The molecule has 0 radical (unpaired) electrons. The molecule has 0 saturated heterocycles. The van der Waals surface area contributed by atoms with E-state index >= 15 is 0 Å². The van der Waals surface area contributed by atoms with Crippen molar-refractivity contribution >= 4 is 27.1 Å². The Hall–Kier alpha value is -3.01. The van der Waals surface area contributed by atoms with E-state index in [9.17, 15) is 28.6 Å². The summed E-state index contributed by atoms with van der Waals surface area (Å²) in [6, 6.07) is 8.37. The van der Waals surface area contributed by atoms with E-state index in [1.807, 2.05) is 0 Å². The number of rotatable bonds is 5. The van der Waals surface area contributed by atoms with Gasteiger partial charge < -0.3 is 0 Å². The van der Waals surface area contributed by atoms with Crippen molar-refractivity contribution in [3.63, 3.8) is 0 Å². The lowest BCUT2D eigenvalue weighted by Crippen LogP contribution is -2.13. The topological polar surface area (TPSA) is 132 Å². The van der Waals surface area contributed by atoms with E-state index < -0.39 is 19.9 Å². The summed E-state index contributed by atoms with van der Waals surface area (Å²) in [5.74, 6) is 0. The monoisotopic (exact) mass is 337 g/mol. The van der Waals surface area contributed by atoms with Gasteiger partial charge in [-0.1, -0.05) is 12.1 Å². The molecule has 0 heterocycles. The van der Waals surface area contributed by atoms with Gasteiger partial charge in [0.25, 0.3) is 21.4 Å². The number of hydrogen-bond acceptors (Lipinski definition) is 6. The smallest absolute Gasteiger partial charge is 0.274 e. The number of nitrogens with one attached hydrogen (secondary N) is 1. The van der Waals surface area contributed by atoms with Gasteiger partial charge in [-0.15, -0.1) is 0 Å². The van der Waals surface area contributed by atoms with Crippen molar-refractivity contribution in [3.8, 4) is 0 Å². The van der Waals surface area contributed by atoms with Crippen LogP contribution in [0.3, 0.4) is 0 Å². The van der Waals surface area contributed by atoms with Crippen molar-refractivity contribution in [2.45, 2.75) is 11.8 Å². The van der Waals surface area contributed by atoms with Crippen LogP contribution in [0.25, 0.3) is 0 Å². The second-order valence-electron chi connectivity index (χ2n) is 4.62. The molecule has 0 unspecified atom stereocenters. The maximum atomic E-state index is 12.2. The molecular formula is C13H11N3O6S. The van der Waals surface area contributed by atoms with Crippen molar-refractivity contribution in [1.82, 2.24) is 0 Å². The fourth-order valence-corrected chi connectivity index (χ4v) is 2.94. The van der Waals surface area contributed by atoms with Crippen LogP contribution in [0, 0.1) is 27.2 Å². The minimum atomic E-state index is -4.10. The van der Waals surface area contributed by atoms with E-state index in [0.29, 0.717) is 5.56 Å². The molecule has 0 aliphatic heterocycles. The van der Waals surface area contributed by atoms with Crippen molar-refractivity contribution in [1.29, 1.82) is 0 Å². The maximum absolute atomic E-state index is 12.2. The van der Waals surface area contributed by atoms with Gasteiger partial charge in [0.2, 0.25) is 0 Å². The highest BCUT2D eigenvalue weighted by Crippen LogP contribution is 2.25. The molecule has 0 aliphatic rings. The summed E-state index contributed by atoms with van der Waals surface area (Å²) in [6.07, 6.45) is 0. The average molecular weight is 337 g/mol. The van der Waals surface area contributed by atoms with Crippen LogP contribution in [0.2, 0.25) is 0 Å². The van der Waals surface area contributed by atoms with Crippen molar-refractivity contribution in [3.05, 3.63) is 68.3 Å². The van der Waals surface area contributed by atoms with Crippen LogP contribution < -0.4 is 4.72 Å². The van der Waals surface area contributed by atoms with E-state index in [1.54, 1.807) is 0 Å². The second kappa shape index (κ2) is 6.01. The number of nitrogens with zero attached hydrogens (tertiary/aromatic N) is 2. The zero-order chi connectivity index (χ0) is 17.2. The molecule has 1 N–H and O–H groups in total. The van der Waals surface area contributed by atoms with Crippen LogP contribution in [0.5, 0.6) is 0 Å². The third-order valence-corrected chi connectivity index (χ3v) is 4.38. The molecule has 23 heavy (non-hydrogen) atoms. The third-order valence-electron chi connectivity index (χ3n) is 3.00. The van der Waals surface area contributed by atoms with Crippen molar-refractivity contribution in [2.75, 3.05) is 4.72 Å². The molecule has 9 nitrogen and oxygen atoms in total. The average Bonchev–Trinajstić information content (AvgIpc) is 2.49. The quantitative estimate of drug-likeness (QED) is 0.658. The largest absolute Gasteiger partial charge is 0.279 e. The number of hydrogen-bond donors (Lipinski definition) is 1. The Balaban J connectivity index is 2.39. The molecule has 0 saturated carbocycles. The van der Waals surface area contributed by atoms with Gasteiger partial charge in [-0.05, 0) is 19.1 Å². The first kappa shape index (κ1) is 16.4. The van der Waals surface area contributed by atoms with Gasteiger partial charge in [0, 0.05) is 23.8 Å². The number of non-ortho nitro benzene ring substituents is 1. The Kier molecular flexibility index (Phi) is 4.27. The Labute approximate surface area is 130 Å². The van der Waals surface area contributed by atoms with E-state index in [4.69, 9.17) is 0 Å². The second-order valence-corrected chi connectivity index (χ2v) is 6.30. The van der Waals surface area contributed by atoms with Gasteiger partial charge in [0.1, 0.15) is 0 Å². The summed E-state index contributed by atoms with van der Waals surface area (Å²) in [6.45, 7) is 1.52. The van der Waals surface area contributed by atoms with E-state index in [1.165, 1.54) is 31.2 Å². The van der Waals surface area contributed by atoms with Crippen LogP contribution >= 0.6 is 0 Å². The number of anilines is 1. The molecule has 0 aromatic heterocycles. The summed E-state index contributed by atoms with van der Waals surface area (Å²) in [4.78, 5) is 19.9. The van der Waals surface area contributed by atoms with E-state index in [2.05, 4.69) is 4.72 Å². The number of aryl methyl sites for hydroxylation is 1. The lowest BCUT2D eigenvalue weighted by Gasteiger charge is -2.08. The molecule has 0 fully saturated rings. The molecule has 0 atom stereocenters. The zero-order valence-corrected chi connectivity index (χ0v) is 12.6. The highest BCUT2D eigenvalue weighted by Gasteiger charge is 2.19. The van der Waals surface area contributed by atoms with Gasteiger partial charge in [0.05, 0.1) is 20.4 Å². The predicted octanol–water partition coefficient (Wildman–Crippen LogP) is 2.61. The first-order chi connectivity index (χ1) is 10.7. The summed E-state index contributed by atoms with van der Waals surface area (Å²) >= 11 is 0. The van der Waals surface area contributed by atoms with E-state index in [0.717, 1.165) is 18.2 Å². The molecule has 2 aromatic carbocycles. The molecule has 0 amide bonds. The standard InChI is InChI=1S/C13H11N3O6S/c1-9-5-6-10(7-13(9)16(19)20)14-23(21,22)12-4-2-3-11(8-12)15(17)18/h2-8,14H,1H3. The van der Waals surface area contributed by atoms with Crippen molar-refractivity contribution in [2.24, 2.45) is 0 Å². The Morgan fingerprint density at radius 2 is 1.70 bits per heavy atom. The van der Waals surface area contributed by atoms with Gasteiger partial charge in [-0.2, -0.15) is 0 Å². The fraction of sp³-hybridized carbons (Fsp3) is 0.0769. The number of benzene rings is 2. The lowest BCUT2D eigenvalue weighted by atomic mass is 10.2. The SMILES string of the molecule is Cc1ccc(NS(=O)(=O)c2cccc([N+](=O)[O-])c2)cc1[N+](=O)[O-]. The van der Waals surface area contributed by atoms with Gasteiger partial charge >= 0.3 is 0 Å². The Morgan fingerprint density at radius 1 is 1.00 bits per heavy atom. The third kappa shape index (κ3) is 3.61. The Bertz CT molecular complexity index is 894. The molecular weight excluding hydrogens is 326 g/mol.